The number of pyridine rings is 1. The number of sulfonamides is 1. The number of nitrogens with one attached hydrogen (secondary N) is 1. The normalized spacial score (nSPS) is 18.3. The molecule has 0 spiro atoms. The number of nitrogens with zero attached hydrogens (tertiary/aromatic N) is 1. The van der Waals surface area contributed by atoms with Gasteiger partial charge in [0, 0.05) is 22.0 Å². The molecule has 0 aliphatic heterocycles. The summed E-state index contributed by atoms with van der Waals surface area (Å²) in [7, 11) is -3.63. The lowest BCUT2D eigenvalue weighted by Crippen LogP contribution is -2.38. The van der Waals surface area contributed by atoms with Crippen molar-refractivity contribution in [2.24, 2.45) is 0 Å². The lowest BCUT2D eigenvalue weighted by molar-refractivity contribution is 0.551. The highest BCUT2D eigenvalue weighted by Gasteiger charge is 2.34. The van der Waals surface area contributed by atoms with Crippen molar-refractivity contribution in [3.63, 3.8) is 0 Å². The average molecular weight is 380 g/mol. The number of rotatable bonds is 5. The van der Waals surface area contributed by atoms with Crippen LogP contribution in [0.5, 0.6) is 0 Å². The van der Waals surface area contributed by atoms with Crippen molar-refractivity contribution in [1.29, 1.82) is 0 Å². The highest BCUT2D eigenvalue weighted by molar-refractivity contribution is 9.10. The lowest BCUT2D eigenvalue weighted by Gasteiger charge is -2.26. The van der Waals surface area contributed by atoms with Gasteiger partial charge in [-0.15, -0.1) is 0 Å². The molecule has 1 saturated carbocycles. The van der Waals surface area contributed by atoms with Crippen molar-refractivity contribution >= 4 is 43.5 Å². The molecule has 20 heavy (non-hydrogen) atoms. The van der Waals surface area contributed by atoms with Gasteiger partial charge >= 0.3 is 0 Å². The molecule has 0 atom stereocenters. The summed E-state index contributed by atoms with van der Waals surface area (Å²) in [5, 5.41) is 0. The van der Waals surface area contributed by atoms with Crippen LogP contribution in [-0.2, 0) is 10.0 Å². The van der Waals surface area contributed by atoms with Crippen LogP contribution in [0.1, 0.15) is 25.7 Å². The second-order valence-electron chi connectivity index (χ2n) is 4.96. The molecule has 1 aromatic heterocycles. The van der Waals surface area contributed by atoms with Crippen LogP contribution >= 0.6 is 27.7 Å². The Morgan fingerprint density at radius 3 is 2.75 bits per heavy atom. The van der Waals surface area contributed by atoms with Gasteiger partial charge in [0.05, 0.1) is 0 Å². The van der Waals surface area contributed by atoms with E-state index in [1.807, 2.05) is 6.26 Å². The Balaban J connectivity index is 2.17. The summed E-state index contributed by atoms with van der Waals surface area (Å²) in [5.41, 5.74) is 5.67. The summed E-state index contributed by atoms with van der Waals surface area (Å²) in [5.74, 6) is 0.0188. The monoisotopic (exact) mass is 379 g/mol. The van der Waals surface area contributed by atoms with Crippen LogP contribution in [0, 0.1) is 0 Å². The first kappa shape index (κ1) is 16.1. The molecule has 1 aliphatic carbocycles. The van der Waals surface area contributed by atoms with Gasteiger partial charge in [-0.1, -0.05) is 12.8 Å². The van der Waals surface area contributed by atoms with Crippen molar-refractivity contribution in [1.82, 2.24) is 9.71 Å². The fourth-order valence-corrected chi connectivity index (χ4v) is 5.14. The first-order valence-electron chi connectivity index (χ1n) is 6.34. The summed E-state index contributed by atoms with van der Waals surface area (Å²) in [6.07, 6.45) is 7.92. The standard InChI is InChI=1S/C12H18BrN3O2S2/c1-19-12(4-2-3-5-12)8-16-20(17,18)10-6-9(13)7-15-11(10)14/h6-7,16H,2-5,8H2,1H3,(H2,14,15). The van der Waals surface area contributed by atoms with Crippen LogP contribution in [0.2, 0.25) is 0 Å². The second-order valence-corrected chi connectivity index (χ2v) is 8.88. The molecule has 0 saturated heterocycles. The SMILES string of the molecule is CSC1(CNS(=O)(=O)c2cc(Br)cnc2N)CCCC1. The number of nitrogen functional groups attached to an aromatic ring is 1. The molecule has 2 rings (SSSR count). The Hall–Kier alpha value is -0.310. The third-order valence-electron chi connectivity index (χ3n) is 3.67. The van der Waals surface area contributed by atoms with E-state index < -0.39 is 10.0 Å². The Labute approximate surface area is 132 Å². The van der Waals surface area contributed by atoms with Crippen molar-refractivity contribution in [3.8, 4) is 0 Å². The minimum Gasteiger partial charge on any atom is -0.383 e. The van der Waals surface area contributed by atoms with Crippen molar-refractivity contribution in [2.75, 3.05) is 18.5 Å². The van der Waals surface area contributed by atoms with E-state index >= 15 is 0 Å². The van der Waals surface area contributed by atoms with E-state index in [2.05, 4.69) is 25.6 Å². The third kappa shape index (κ3) is 3.47. The number of hydrogen-bond donors (Lipinski definition) is 2. The third-order valence-corrected chi connectivity index (χ3v) is 6.95. The molecule has 0 aromatic carbocycles. The molecule has 1 fully saturated rings. The minimum atomic E-state index is -3.63. The van der Waals surface area contributed by atoms with Gasteiger partial charge in [-0.2, -0.15) is 11.8 Å². The van der Waals surface area contributed by atoms with Gasteiger partial charge < -0.3 is 5.73 Å². The maximum atomic E-state index is 12.4. The van der Waals surface area contributed by atoms with Gasteiger partial charge in [0.25, 0.3) is 0 Å². The Morgan fingerprint density at radius 2 is 2.15 bits per heavy atom. The van der Waals surface area contributed by atoms with Crippen LogP contribution in [0.3, 0.4) is 0 Å². The van der Waals surface area contributed by atoms with E-state index in [0.717, 1.165) is 25.7 Å². The van der Waals surface area contributed by atoms with Gasteiger partial charge in [-0.05, 0) is 41.1 Å². The van der Waals surface area contributed by atoms with E-state index in [1.54, 1.807) is 11.8 Å². The Bertz CT molecular complexity index is 586. The van der Waals surface area contributed by atoms with Gasteiger partial charge in [0.2, 0.25) is 10.0 Å². The summed E-state index contributed by atoms with van der Waals surface area (Å²) >= 11 is 4.96. The fraction of sp³-hybridized carbons (Fsp3) is 0.583. The van der Waals surface area contributed by atoms with Crippen LogP contribution in [0.4, 0.5) is 5.82 Å². The molecule has 112 valence electrons. The minimum absolute atomic E-state index is 0.0152. The van der Waals surface area contributed by atoms with Crippen LogP contribution in [0.25, 0.3) is 0 Å². The molecule has 0 bridgehead atoms. The molecule has 0 radical (unpaired) electrons. The van der Waals surface area contributed by atoms with E-state index in [-0.39, 0.29) is 15.5 Å². The highest BCUT2D eigenvalue weighted by Crippen LogP contribution is 2.39. The average Bonchev–Trinajstić information content (AvgIpc) is 2.89. The predicted molar refractivity (Wildman–Crippen MR) is 86.3 cm³/mol. The van der Waals surface area contributed by atoms with E-state index in [1.165, 1.54) is 12.3 Å². The molecule has 0 amide bonds. The molecule has 0 unspecified atom stereocenters. The predicted octanol–water partition coefficient (Wildman–Crippen LogP) is 2.38. The smallest absolute Gasteiger partial charge is 0.244 e. The summed E-state index contributed by atoms with van der Waals surface area (Å²) in [6, 6.07) is 1.48. The molecule has 1 aliphatic rings. The number of thioether (sulfide) groups is 1. The molecule has 8 heteroatoms. The van der Waals surface area contributed by atoms with Crippen LogP contribution in [-0.4, -0.2) is 30.9 Å². The van der Waals surface area contributed by atoms with Crippen molar-refractivity contribution < 1.29 is 8.42 Å². The molecule has 1 aromatic rings. The topological polar surface area (TPSA) is 85.1 Å². The van der Waals surface area contributed by atoms with E-state index in [9.17, 15) is 8.42 Å². The van der Waals surface area contributed by atoms with Crippen LogP contribution in [0.15, 0.2) is 21.6 Å². The van der Waals surface area contributed by atoms with Crippen LogP contribution < -0.4 is 10.5 Å². The first-order valence-corrected chi connectivity index (χ1v) is 9.84. The molecule has 5 nitrogen and oxygen atoms in total. The summed E-state index contributed by atoms with van der Waals surface area (Å²) in [4.78, 5) is 3.90. The second kappa shape index (κ2) is 6.21. The molecule has 1 heterocycles. The highest BCUT2D eigenvalue weighted by atomic mass is 79.9. The number of aromatic nitrogens is 1. The van der Waals surface area contributed by atoms with E-state index in [4.69, 9.17) is 5.73 Å². The zero-order valence-corrected chi connectivity index (χ0v) is 14.4. The van der Waals surface area contributed by atoms with Gasteiger partial charge in [-0.3, -0.25) is 0 Å². The van der Waals surface area contributed by atoms with Gasteiger partial charge in [0.1, 0.15) is 10.7 Å². The summed E-state index contributed by atoms with van der Waals surface area (Å²) < 4.78 is 28.0. The summed E-state index contributed by atoms with van der Waals surface area (Å²) in [6.45, 7) is 0.433. The van der Waals surface area contributed by atoms with Crippen molar-refractivity contribution in [3.05, 3.63) is 16.7 Å². The first-order chi connectivity index (χ1) is 9.38. The van der Waals surface area contributed by atoms with Gasteiger partial charge in [0.15, 0.2) is 0 Å². The fourth-order valence-electron chi connectivity index (χ4n) is 2.42. The maximum absolute atomic E-state index is 12.4. The number of hydrogen-bond acceptors (Lipinski definition) is 5. The Morgan fingerprint density at radius 1 is 1.50 bits per heavy atom. The van der Waals surface area contributed by atoms with Crippen molar-refractivity contribution in [2.45, 2.75) is 35.3 Å². The number of nitrogens with two attached hydrogens (primary N) is 1. The molecule has 3 N–H and O–H groups in total. The Kier molecular flexibility index (Phi) is 4.99. The lowest BCUT2D eigenvalue weighted by atomic mass is 10.1. The quantitative estimate of drug-likeness (QED) is 0.819. The van der Waals surface area contributed by atoms with E-state index in [0.29, 0.717) is 11.0 Å². The van der Waals surface area contributed by atoms with Gasteiger partial charge in [-0.25, -0.2) is 18.1 Å². The molecular formula is C12H18BrN3O2S2. The maximum Gasteiger partial charge on any atom is 0.244 e. The number of anilines is 1. The number of halogens is 1. The molecular weight excluding hydrogens is 362 g/mol. The zero-order chi connectivity index (χ0) is 14.8. The largest absolute Gasteiger partial charge is 0.383 e. The zero-order valence-electron chi connectivity index (χ0n) is 11.2.